The maximum atomic E-state index is 13.0. The van der Waals surface area contributed by atoms with Crippen molar-refractivity contribution in [2.24, 2.45) is 0 Å². The zero-order chi connectivity index (χ0) is 14.5. The summed E-state index contributed by atoms with van der Waals surface area (Å²) >= 11 is 0. The first-order valence-corrected chi connectivity index (χ1v) is 6.73. The molecule has 0 aromatic heterocycles. The van der Waals surface area contributed by atoms with Crippen molar-refractivity contribution in [2.45, 2.75) is 26.8 Å². The Morgan fingerprint density at radius 2 is 1.85 bits per heavy atom. The molecule has 0 aliphatic carbocycles. The Labute approximate surface area is 118 Å². The number of carbonyl (C=O) groups is 1. The zero-order valence-corrected chi connectivity index (χ0v) is 11.7. The lowest BCUT2D eigenvalue weighted by Gasteiger charge is -2.10. The molecule has 2 nitrogen and oxygen atoms in total. The van der Waals surface area contributed by atoms with E-state index in [1.165, 1.54) is 23.8 Å². The van der Waals surface area contributed by atoms with Gasteiger partial charge in [0.1, 0.15) is 5.82 Å². The largest absolute Gasteiger partial charge is 0.348 e. The van der Waals surface area contributed by atoms with Crippen molar-refractivity contribution in [1.82, 2.24) is 5.32 Å². The number of hydrogen-bond donors (Lipinski definition) is 1. The van der Waals surface area contributed by atoms with E-state index in [9.17, 15) is 9.18 Å². The number of rotatable bonds is 4. The Morgan fingerprint density at radius 1 is 1.15 bits per heavy atom. The standard InChI is InChI=1S/C17H18FNO/c1-3-13-6-4-5-7-14(13)11-19-17(20)16-9-8-15(18)10-12(16)2/h4-10H,3,11H2,1-2H3,(H,19,20). The molecule has 0 saturated heterocycles. The van der Waals surface area contributed by atoms with Gasteiger partial charge in [0.05, 0.1) is 0 Å². The zero-order valence-electron chi connectivity index (χ0n) is 11.7. The highest BCUT2D eigenvalue weighted by molar-refractivity contribution is 5.95. The van der Waals surface area contributed by atoms with E-state index in [-0.39, 0.29) is 11.7 Å². The Morgan fingerprint density at radius 3 is 2.50 bits per heavy atom. The number of halogens is 1. The van der Waals surface area contributed by atoms with Gasteiger partial charge >= 0.3 is 0 Å². The number of nitrogens with one attached hydrogen (secondary N) is 1. The summed E-state index contributed by atoms with van der Waals surface area (Å²) in [4.78, 5) is 12.1. The lowest BCUT2D eigenvalue weighted by atomic mass is 10.0. The van der Waals surface area contributed by atoms with Crippen LogP contribution in [0.2, 0.25) is 0 Å². The first-order chi connectivity index (χ1) is 9.61. The van der Waals surface area contributed by atoms with Crippen LogP contribution in [0, 0.1) is 12.7 Å². The molecule has 0 radical (unpaired) electrons. The molecule has 0 unspecified atom stereocenters. The third-order valence-corrected chi connectivity index (χ3v) is 3.37. The van der Waals surface area contributed by atoms with E-state index >= 15 is 0 Å². The Hall–Kier alpha value is -2.16. The van der Waals surface area contributed by atoms with Gasteiger partial charge in [0.15, 0.2) is 0 Å². The predicted octanol–water partition coefficient (Wildman–Crippen LogP) is 3.63. The van der Waals surface area contributed by atoms with Crippen LogP contribution in [0.4, 0.5) is 4.39 Å². The number of aryl methyl sites for hydroxylation is 2. The summed E-state index contributed by atoms with van der Waals surface area (Å²) in [6, 6.07) is 12.2. The molecule has 0 aliphatic heterocycles. The molecule has 0 atom stereocenters. The summed E-state index contributed by atoms with van der Waals surface area (Å²) in [5.74, 6) is -0.496. The van der Waals surface area contributed by atoms with Crippen molar-refractivity contribution in [2.75, 3.05) is 0 Å². The third kappa shape index (κ3) is 3.23. The molecule has 0 bridgehead atoms. The van der Waals surface area contributed by atoms with Crippen molar-refractivity contribution < 1.29 is 9.18 Å². The highest BCUT2D eigenvalue weighted by Crippen LogP contribution is 2.12. The SMILES string of the molecule is CCc1ccccc1CNC(=O)c1ccc(F)cc1C. The van der Waals surface area contributed by atoms with Crippen LogP contribution < -0.4 is 5.32 Å². The van der Waals surface area contributed by atoms with Crippen LogP contribution in [-0.2, 0) is 13.0 Å². The molecule has 3 heteroatoms. The van der Waals surface area contributed by atoms with Gasteiger partial charge in [0.25, 0.3) is 5.91 Å². The van der Waals surface area contributed by atoms with E-state index in [4.69, 9.17) is 0 Å². The fraction of sp³-hybridized carbons (Fsp3) is 0.235. The molecular formula is C17H18FNO. The minimum absolute atomic E-state index is 0.173. The van der Waals surface area contributed by atoms with Gasteiger partial charge in [-0.05, 0) is 48.2 Å². The van der Waals surface area contributed by atoms with E-state index in [0.29, 0.717) is 17.7 Å². The van der Waals surface area contributed by atoms with Gasteiger partial charge in [-0.3, -0.25) is 4.79 Å². The fourth-order valence-electron chi connectivity index (χ4n) is 2.23. The van der Waals surface area contributed by atoms with E-state index in [1.54, 1.807) is 6.92 Å². The maximum absolute atomic E-state index is 13.0. The molecule has 20 heavy (non-hydrogen) atoms. The molecular weight excluding hydrogens is 253 g/mol. The quantitative estimate of drug-likeness (QED) is 0.904. The van der Waals surface area contributed by atoms with E-state index < -0.39 is 0 Å². The first-order valence-electron chi connectivity index (χ1n) is 6.73. The van der Waals surface area contributed by atoms with Crippen molar-refractivity contribution in [3.63, 3.8) is 0 Å². The van der Waals surface area contributed by atoms with Gasteiger partial charge in [-0.1, -0.05) is 31.2 Å². The summed E-state index contributed by atoms with van der Waals surface area (Å²) in [6.45, 7) is 4.31. The van der Waals surface area contributed by atoms with E-state index in [1.807, 2.05) is 18.2 Å². The molecule has 2 rings (SSSR count). The molecule has 1 amide bonds. The van der Waals surface area contributed by atoms with Gasteiger partial charge < -0.3 is 5.32 Å². The van der Waals surface area contributed by atoms with Crippen molar-refractivity contribution in [3.8, 4) is 0 Å². The molecule has 0 heterocycles. The Bertz CT molecular complexity index is 622. The number of carbonyl (C=O) groups excluding carboxylic acids is 1. The lowest BCUT2D eigenvalue weighted by molar-refractivity contribution is 0.0950. The molecule has 0 saturated carbocycles. The van der Waals surface area contributed by atoms with Crippen LogP contribution in [0.25, 0.3) is 0 Å². The predicted molar refractivity (Wildman–Crippen MR) is 78.1 cm³/mol. The molecule has 0 spiro atoms. The van der Waals surface area contributed by atoms with Crippen LogP contribution in [-0.4, -0.2) is 5.91 Å². The van der Waals surface area contributed by atoms with Crippen LogP contribution in [0.3, 0.4) is 0 Å². The molecule has 2 aromatic carbocycles. The summed E-state index contributed by atoms with van der Waals surface area (Å²) in [5.41, 5.74) is 3.50. The van der Waals surface area contributed by atoms with Crippen LogP contribution in [0.15, 0.2) is 42.5 Å². The highest BCUT2D eigenvalue weighted by Gasteiger charge is 2.10. The third-order valence-electron chi connectivity index (χ3n) is 3.37. The Balaban J connectivity index is 2.09. The van der Waals surface area contributed by atoms with Crippen LogP contribution in [0.5, 0.6) is 0 Å². The topological polar surface area (TPSA) is 29.1 Å². The second-order valence-electron chi connectivity index (χ2n) is 4.76. The van der Waals surface area contributed by atoms with Crippen LogP contribution >= 0.6 is 0 Å². The minimum atomic E-state index is -0.324. The average Bonchev–Trinajstić information content (AvgIpc) is 2.45. The summed E-state index contributed by atoms with van der Waals surface area (Å²) in [7, 11) is 0. The molecule has 104 valence electrons. The summed E-state index contributed by atoms with van der Waals surface area (Å²) < 4.78 is 13.0. The van der Waals surface area contributed by atoms with Crippen LogP contribution in [0.1, 0.15) is 34.0 Å². The van der Waals surface area contributed by atoms with Gasteiger partial charge in [0, 0.05) is 12.1 Å². The second kappa shape index (κ2) is 6.33. The van der Waals surface area contributed by atoms with Gasteiger partial charge in [0.2, 0.25) is 0 Å². The van der Waals surface area contributed by atoms with Gasteiger partial charge in [-0.2, -0.15) is 0 Å². The van der Waals surface area contributed by atoms with Crippen molar-refractivity contribution in [3.05, 3.63) is 70.5 Å². The van der Waals surface area contributed by atoms with E-state index in [2.05, 4.69) is 18.3 Å². The highest BCUT2D eigenvalue weighted by atomic mass is 19.1. The summed E-state index contributed by atoms with van der Waals surface area (Å²) in [6.07, 6.45) is 0.932. The minimum Gasteiger partial charge on any atom is -0.348 e. The monoisotopic (exact) mass is 271 g/mol. The van der Waals surface area contributed by atoms with Crippen molar-refractivity contribution in [1.29, 1.82) is 0 Å². The number of amides is 1. The number of hydrogen-bond acceptors (Lipinski definition) is 1. The normalized spacial score (nSPS) is 10.3. The maximum Gasteiger partial charge on any atom is 0.251 e. The number of benzene rings is 2. The van der Waals surface area contributed by atoms with Gasteiger partial charge in [-0.15, -0.1) is 0 Å². The molecule has 0 fully saturated rings. The molecule has 2 aromatic rings. The van der Waals surface area contributed by atoms with E-state index in [0.717, 1.165) is 12.0 Å². The molecule has 1 N–H and O–H groups in total. The average molecular weight is 271 g/mol. The second-order valence-corrected chi connectivity index (χ2v) is 4.76. The summed E-state index contributed by atoms with van der Waals surface area (Å²) in [5, 5.41) is 2.89. The van der Waals surface area contributed by atoms with Gasteiger partial charge in [-0.25, -0.2) is 4.39 Å². The fourth-order valence-corrected chi connectivity index (χ4v) is 2.23. The smallest absolute Gasteiger partial charge is 0.251 e. The lowest BCUT2D eigenvalue weighted by Crippen LogP contribution is -2.24. The Kier molecular flexibility index (Phi) is 4.51. The van der Waals surface area contributed by atoms with Crippen molar-refractivity contribution >= 4 is 5.91 Å². The first kappa shape index (κ1) is 14.3. The molecule has 0 aliphatic rings.